The Balaban J connectivity index is 1.62. The number of benzene rings is 2. The molecule has 1 aromatic heterocycles. The molecule has 0 saturated heterocycles. The number of aromatic amines is 1. The van der Waals surface area contributed by atoms with Gasteiger partial charge in [0.1, 0.15) is 12.3 Å². The summed E-state index contributed by atoms with van der Waals surface area (Å²) in [5, 5.41) is 6.19. The van der Waals surface area contributed by atoms with Gasteiger partial charge < -0.3 is 25.1 Å². The molecule has 1 unspecified atom stereocenters. The fourth-order valence-corrected chi connectivity index (χ4v) is 3.48. The number of nitrogens with one attached hydrogen (secondary N) is 3. The first-order valence-electron chi connectivity index (χ1n) is 9.84. The van der Waals surface area contributed by atoms with Crippen LogP contribution in [0.5, 0.6) is 0 Å². The number of carbonyl (C=O) groups excluding carboxylic acids is 3. The number of fused-ring (bicyclic) bond motifs is 1. The molecule has 0 radical (unpaired) electrons. The second-order valence-corrected chi connectivity index (χ2v) is 6.90. The van der Waals surface area contributed by atoms with Gasteiger partial charge in [0.25, 0.3) is 0 Å². The van der Waals surface area contributed by atoms with Crippen LogP contribution in [0.25, 0.3) is 10.9 Å². The van der Waals surface area contributed by atoms with Gasteiger partial charge in [0, 0.05) is 10.9 Å². The van der Waals surface area contributed by atoms with Crippen LogP contribution in [0.3, 0.4) is 0 Å². The number of H-pyrrole nitrogens is 1. The molecular weight excluding hydrogens is 398 g/mol. The maximum absolute atomic E-state index is 12.7. The highest BCUT2D eigenvalue weighted by Crippen LogP contribution is 2.28. The molecule has 0 fully saturated rings. The van der Waals surface area contributed by atoms with Gasteiger partial charge in [0.2, 0.25) is 0 Å². The van der Waals surface area contributed by atoms with E-state index < -0.39 is 24.0 Å². The summed E-state index contributed by atoms with van der Waals surface area (Å²) < 4.78 is 10.6. The largest absolute Gasteiger partial charge is 0.463 e. The smallest absolute Gasteiger partial charge is 0.355 e. The Morgan fingerprint density at radius 2 is 1.71 bits per heavy atom. The molecule has 4 rings (SSSR count). The molecular formula is C23H21N3O5. The molecule has 3 aromatic rings. The minimum absolute atomic E-state index is 0.167. The summed E-state index contributed by atoms with van der Waals surface area (Å²) in [4.78, 5) is 40.5. The SMILES string of the molecule is CCOC(=O)C1=C(COC(=O)c2cc3ccccc3[nH]2)NC(=O)NC1c1ccccc1. The van der Waals surface area contributed by atoms with Gasteiger partial charge in [0.05, 0.1) is 23.9 Å². The van der Waals surface area contributed by atoms with Crippen LogP contribution >= 0.6 is 0 Å². The van der Waals surface area contributed by atoms with Crippen molar-refractivity contribution in [3.63, 3.8) is 0 Å². The first-order chi connectivity index (χ1) is 15.1. The maximum atomic E-state index is 12.7. The van der Waals surface area contributed by atoms with Crippen molar-refractivity contribution in [2.45, 2.75) is 13.0 Å². The zero-order chi connectivity index (χ0) is 21.8. The molecule has 8 nitrogen and oxygen atoms in total. The zero-order valence-electron chi connectivity index (χ0n) is 16.8. The van der Waals surface area contributed by atoms with Crippen LogP contribution in [-0.2, 0) is 14.3 Å². The number of para-hydroxylation sites is 1. The van der Waals surface area contributed by atoms with Crippen LogP contribution in [0.4, 0.5) is 4.79 Å². The lowest BCUT2D eigenvalue weighted by atomic mass is 9.95. The van der Waals surface area contributed by atoms with E-state index in [2.05, 4.69) is 15.6 Å². The van der Waals surface area contributed by atoms with Crippen LogP contribution in [-0.4, -0.2) is 36.2 Å². The molecule has 0 spiro atoms. The van der Waals surface area contributed by atoms with Crippen LogP contribution in [0.1, 0.15) is 29.0 Å². The monoisotopic (exact) mass is 419 g/mol. The van der Waals surface area contributed by atoms with Gasteiger partial charge in [-0.2, -0.15) is 0 Å². The Labute approximate surface area is 178 Å². The average Bonchev–Trinajstić information content (AvgIpc) is 3.22. The number of amides is 2. The van der Waals surface area contributed by atoms with Crippen molar-refractivity contribution in [3.8, 4) is 0 Å². The summed E-state index contributed by atoms with van der Waals surface area (Å²) in [6, 6.07) is 17.0. The highest BCUT2D eigenvalue weighted by molar-refractivity contribution is 5.96. The molecule has 8 heteroatoms. The van der Waals surface area contributed by atoms with Crippen molar-refractivity contribution in [2.75, 3.05) is 13.2 Å². The second-order valence-electron chi connectivity index (χ2n) is 6.90. The van der Waals surface area contributed by atoms with Crippen LogP contribution < -0.4 is 10.6 Å². The molecule has 158 valence electrons. The Bertz CT molecular complexity index is 1130. The third kappa shape index (κ3) is 4.28. The number of rotatable bonds is 6. The molecule has 0 bridgehead atoms. The van der Waals surface area contributed by atoms with Crippen molar-refractivity contribution < 1.29 is 23.9 Å². The Morgan fingerprint density at radius 3 is 2.45 bits per heavy atom. The zero-order valence-corrected chi connectivity index (χ0v) is 16.8. The molecule has 1 aliphatic heterocycles. The first-order valence-corrected chi connectivity index (χ1v) is 9.84. The topological polar surface area (TPSA) is 110 Å². The van der Waals surface area contributed by atoms with E-state index in [9.17, 15) is 14.4 Å². The van der Waals surface area contributed by atoms with Crippen LogP contribution in [0.2, 0.25) is 0 Å². The molecule has 1 aliphatic rings. The fraction of sp³-hybridized carbons (Fsp3) is 0.174. The molecule has 1 atom stereocenters. The standard InChI is InChI=1S/C23H21N3O5/c1-2-30-22(28)19-18(25-23(29)26-20(19)14-8-4-3-5-9-14)13-31-21(27)17-12-15-10-6-7-11-16(15)24-17/h3-12,20,24H,2,13H2,1H3,(H2,25,26,29). The van der Waals surface area contributed by atoms with Crippen molar-refractivity contribution in [2.24, 2.45) is 0 Å². The van der Waals surface area contributed by atoms with Crippen molar-refractivity contribution in [3.05, 3.63) is 83.2 Å². The van der Waals surface area contributed by atoms with E-state index in [-0.39, 0.29) is 30.2 Å². The lowest BCUT2D eigenvalue weighted by Crippen LogP contribution is -2.47. The van der Waals surface area contributed by atoms with Gasteiger partial charge in [-0.1, -0.05) is 48.5 Å². The predicted octanol–water partition coefficient (Wildman–Crippen LogP) is 3.20. The van der Waals surface area contributed by atoms with Crippen molar-refractivity contribution >= 4 is 28.9 Å². The number of carbonyl (C=O) groups is 3. The van der Waals surface area contributed by atoms with Gasteiger partial charge in [-0.3, -0.25) is 0 Å². The third-order valence-corrected chi connectivity index (χ3v) is 4.88. The Hall–Kier alpha value is -4.07. The van der Waals surface area contributed by atoms with Crippen molar-refractivity contribution in [1.29, 1.82) is 0 Å². The van der Waals surface area contributed by atoms with Crippen LogP contribution in [0.15, 0.2) is 71.9 Å². The normalized spacial score (nSPS) is 15.9. The molecule has 0 saturated carbocycles. The van der Waals surface area contributed by atoms with Crippen LogP contribution in [0, 0.1) is 0 Å². The van der Waals surface area contributed by atoms with Gasteiger partial charge in [-0.05, 0) is 24.6 Å². The average molecular weight is 419 g/mol. The highest BCUT2D eigenvalue weighted by Gasteiger charge is 2.34. The first kappa shape index (κ1) is 20.2. The van der Waals surface area contributed by atoms with Gasteiger partial charge in [-0.15, -0.1) is 0 Å². The summed E-state index contributed by atoms with van der Waals surface area (Å²) >= 11 is 0. The lowest BCUT2D eigenvalue weighted by molar-refractivity contribution is -0.139. The van der Waals surface area contributed by atoms with E-state index in [0.29, 0.717) is 5.56 Å². The third-order valence-electron chi connectivity index (χ3n) is 4.88. The molecule has 2 heterocycles. The number of hydrogen-bond donors (Lipinski definition) is 3. The molecule has 31 heavy (non-hydrogen) atoms. The van der Waals surface area contributed by atoms with E-state index in [0.717, 1.165) is 10.9 Å². The summed E-state index contributed by atoms with van der Waals surface area (Å²) in [5.41, 5.74) is 2.16. The highest BCUT2D eigenvalue weighted by atomic mass is 16.5. The van der Waals surface area contributed by atoms with E-state index >= 15 is 0 Å². The number of aromatic nitrogens is 1. The summed E-state index contributed by atoms with van der Waals surface area (Å²) in [7, 11) is 0. The molecule has 3 N–H and O–H groups in total. The molecule has 2 amide bonds. The van der Waals surface area contributed by atoms with Gasteiger partial charge >= 0.3 is 18.0 Å². The van der Waals surface area contributed by atoms with E-state index in [1.165, 1.54) is 0 Å². The minimum Gasteiger partial charge on any atom is -0.463 e. The van der Waals surface area contributed by atoms with Crippen molar-refractivity contribution in [1.82, 2.24) is 15.6 Å². The molecule has 2 aromatic carbocycles. The summed E-state index contributed by atoms with van der Waals surface area (Å²) in [6.45, 7) is 1.57. The number of urea groups is 1. The lowest BCUT2D eigenvalue weighted by Gasteiger charge is -2.29. The number of esters is 2. The quantitative estimate of drug-likeness (QED) is 0.532. The number of ether oxygens (including phenoxy) is 2. The number of hydrogen-bond acceptors (Lipinski definition) is 5. The predicted molar refractivity (Wildman–Crippen MR) is 113 cm³/mol. The maximum Gasteiger partial charge on any atom is 0.355 e. The summed E-state index contributed by atoms with van der Waals surface area (Å²) in [5.74, 6) is -1.20. The van der Waals surface area contributed by atoms with E-state index in [1.807, 2.05) is 42.5 Å². The van der Waals surface area contributed by atoms with E-state index in [4.69, 9.17) is 9.47 Å². The van der Waals surface area contributed by atoms with Gasteiger partial charge in [-0.25, -0.2) is 14.4 Å². The fourth-order valence-electron chi connectivity index (χ4n) is 3.48. The molecule has 0 aliphatic carbocycles. The van der Waals surface area contributed by atoms with Gasteiger partial charge in [0.15, 0.2) is 0 Å². The Morgan fingerprint density at radius 1 is 0.968 bits per heavy atom. The second kappa shape index (κ2) is 8.74. The summed E-state index contributed by atoms with van der Waals surface area (Å²) in [6.07, 6.45) is 0. The van der Waals surface area contributed by atoms with E-state index in [1.54, 1.807) is 25.1 Å². The minimum atomic E-state index is -0.726. The Kier molecular flexibility index (Phi) is 5.70.